The van der Waals surface area contributed by atoms with Gasteiger partial charge >= 0.3 is 0 Å². The first-order valence-electron chi connectivity index (χ1n) is 6.08. The van der Waals surface area contributed by atoms with Crippen LogP contribution in [-0.2, 0) is 6.54 Å². The first kappa shape index (κ1) is 16.7. The number of nitrogens with zero attached hydrogens (tertiary/aromatic N) is 1. The molecule has 0 saturated carbocycles. The van der Waals surface area contributed by atoms with Crippen LogP contribution in [0.15, 0.2) is 10.5 Å². The average Bonchev–Trinajstić information content (AvgIpc) is 2.61. The molecular formula is C12H19BrCl2N2S. The highest BCUT2D eigenvalue weighted by Crippen LogP contribution is 2.33. The van der Waals surface area contributed by atoms with Gasteiger partial charge in [0.15, 0.2) is 0 Å². The minimum Gasteiger partial charge on any atom is -0.330 e. The number of hydrogen-bond acceptors (Lipinski definition) is 3. The first-order chi connectivity index (χ1) is 8.20. The molecule has 18 heavy (non-hydrogen) atoms. The van der Waals surface area contributed by atoms with Crippen molar-refractivity contribution in [3.8, 4) is 0 Å². The first-order valence-corrected chi connectivity index (χ1v) is 8.07. The van der Waals surface area contributed by atoms with E-state index < -0.39 is 0 Å². The molecule has 1 unspecified atom stereocenters. The number of likely N-dealkylation sites (tertiary alicyclic amines) is 1. The summed E-state index contributed by atoms with van der Waals surface area (Å²) in [5, 5.41) is 0. The lowest BCUT2D eigenvalue weighted by atomic mass is 9.99. The van der Waals surface area contributed by atoms with Gasteiger partial charge in [0, 0.05) is 21.9 Å². The van der Waals surface area contributed by atoms with Crippen molar-refractivity contribution >= 4 is 51.3 Å². The third-order valence-corrected chi connectivity index (χ3v) is 5.76. The van der Waals surface area contributed by atoms with Gasteiger partial charge in [-0.25, -0.2) is 0 Å². The van der Waals surface area contributed by atoms with E-state index in [1.807, 2.05) is 0 Å². The summed E-state index contributed by atoms with van der Waals surface area (Å²) < 4.78 is 1.87. The summed E-state index contributed by atoms with van der Waals surface area (Å²) in [5.41, 5.74) is 5.69. The summed E-state index contributed by atoms with van der Waals surface area (Å²) in [5.74, 6) is 0. The zero-order chi connectivity index (χ0) is 12.3. The molecule has 2 heterocycles. The third-order valence-electron chi connectivity index (χ3n) is 3.30. The van der Waals surface area contributed by atoms with Crippen molar-refractivity contribution in [3.05, 3.63) is 19.8 Å². The summed E-state index contributed by atoms with van der Waals surface area (Å²) in [7, 11) is 0. The molecule has 1 fully saturated rings. The van der Waals surface area contributed by atoms with Crippen LogP contribution < -0.4 is 5.73 Å². The van der Waals surface area contributed by atoms with E-state index in [2.05, 4.69) is 26.9 Å². The van der Waals surface area contributed by atoms with Gasteiger partial charge in [-0.15, -0.1) is 23.7 Å². The van der Waals surface area contributed by atoms with E-state index in [0.717, 1.165) is 28.3 Å². The average molecular weight is 374 g/mol. The van der Waals surface area contributed by atoms with Crippen LogP contribution in [0.4, 0.5) is 0 Å². The predicted octanol–water partition coefficient (Wildman–Crippen LogP) is 4.29. The van der Waals surface area contributed by atoms with Crippen molar-refractivity contribution in [1.29, 1.82) is 0 Å². The Morgan fingerprint density at radius 1 is 1.50 bits per heavy atom. The smallest absolute Gasteiger partial charge is 0.107 e. The van der Waals surface area contributed by atoms with Gasteiger partial charge in [-0.1, -0.05) is 18.0 Å². The maximum absolute atomic E-state index is 6.08. The lowest BCUT2D eigenvalue weighted by Gasteiger charge is -2.35. The molecule has 0 radical (unpaired) electrons. The summed E-state index contributed by atoms with van der Waals surface area (Å²) in [6, 6.07) is 2.80. The third kappa shape index (κ3) is 4.36. The van der Waals surface area contributed by atoms with Crippen molar-refractivity contribution in [2.24, 2.45) is 5.73 Å². The quantitative estimate of drug-likeness (QED) is 0.852. The van der Waals surface area contributed by atoms with Crippen molar-refractivity contribution in [3.63, 3.8) is 0 Å². The van der Waals surface area contributed by atoms with Crippen molar-refractivity contribution < 1.29 is 0 Å². The molecule has 0 spiro atoms. The van der Waals surface area contributed by atoms with Gasteiger partial charge < -0.3 is 5.73 Å². The molecule has 6 heteroatoms. The Bertz CT molecular complexity index is 351. The second-order valence-electron chi connectivity index (χ2n) is 4.53. The fourth-order valence-corrected chi connectivity index (χ4v) is 4.27. The van der Waals surface area contributed by atoms with Crippen LogP contribution in [0.3, 0.4) is 0 Å². The molecule has 1 aromatic rings. The fraction of sp³-hybridized carbons (Fsp3) is 0.667. The highest BCUT2D eigenvalue weighted by molar-refractivity contribution is 9.10. The molecule has 1 aliphatic heterocycles. The van der Waals surface area contributed by atoms with Crippen LogP contribution in [-0.4, -0.2) is 24.0 Å². The Balaban J connectivity index is 0.00000162. The number of piperidine rings is 1. The molecule has 1 saturated heterocycles. The van der Waals surface area contributed by atoms with E-state index in [0.29, 0.717) is 6.04 Å². The molecule has 1 aromatic heterocycles. The summed E-state index contributed by atoms with van der Waals surface area (Å²) >= 11 is 11.2. The van der Waals surface area contributed by atoms with Gasteiger partial charge in [-0.2, -0.15) is 0 Å². The van der Waals surface area contributed by atoms with E-state index in [9.17, 15) is 0 Å². The molecule has 2 nitrogen and oxygen atoms in total. The Hall–Kier alpha value is 0.680. The largest absolute Gasteiger partial charge is 0.330 e. The Morgan fingerprint density at radius 3 is 2.89 bits per heavy atom. The maximum atomic E-state index is 6.08. The second kappa shape index (κ2) is 8.08. The molecule has 2 rings (SSSR count). The van der Waals surface area contributed by atoms with Gasteiger partial charge in [0.2, 0.25) is 0 Å². The molecule has 1 atom stereocenters. The normalized spacial score (nSPS) is 20.7. The van der Waals surface area contributed by atoms with Crippen molar-refractivity contribution in [1.82, 2.24) is 4.90 Å². The van der Waals surface area contributed by atoms with Crippen LogP contribution >= 0.6 is 51.3 Å². The number of rotatable bonds is 4. The zero-order valence-corrected chi connectivity index (χ0v) is 14.2. The lowest BCUT2D eigenvalue weighted by molar-refractivity contribution is 0.135. The number of thiophene rings is 1. The fourth-order valence-electron chi connectivity index (χ4n) is 2.46. The number of halogens is 3. The summed E-state index contributed by atoms with van der Waals surface area (Å²) in [6.07, 6.45) is 5.05. The van der Waals surface area contributed by atoms with Crippen LogP contribution in [0.5, 0.6) is 0 Å². The standard InChI is InChI=1S/C12H18BrClN2S.ClH/c13-11-7-10(17-12(11)14)8-16-6-2-1-3-9(16)4-5-15;/h7,9H,1-6,8,15H2;1H. The van der Waals surface area contributed by atoms with E-state index in [1.165, 1.54) is 30.7 Å². The highest BCUT2D eigenvalue weighted by atomic mass is 79.9. The van der Waals surface area contributed by atoms with E-state index in [1.54, 1.807) is 11.3 Å². The van der Waals surface area contributed by atoms with Gasteiger partial charge in [0.25, 0.3) is 0 Å². The Kier molecular flexibility index (Phi) is 7.51. The maximum Gasteiger partial charge on any atom is 0.107 e. The van der Waals surface area contributed by atoms with E-state index >= 15 is 0 Å². The summed E-state index contributed by atoms with van der Waals surface area (Å²) in [4.78, 5) is 3.90. The monoisotopic (exact) mass is 372 g/mol. The number of hydrogen-bond donors (Lipinski definition) is 1. The molecule has 0 bridgehead atoms. The molecule has 0 aromatic carbocycles. The van der Waals surface area contributed by atoms with Gasteiger partial charge in [-0.3, -0.25) is 4.90 Å². The van der Waals surface area contributed by atoms with Gasteiger partial charge in [-0.05, 0) is 54.3 Å². The molecule has 1 aliphatic rings. The Labute approximate surface area is 132 Å². The SMILES string of the molecule is Cl.NCCC1CCCCN1Cc1cc(Br)c(Cl)s1. The van der Waals surface area contributed by atoms with Crippen molar-refractivity contribution in [2.45, 2.75) is 38.3 Å². The molecular weight excluding hydrogens is 355 g/mol. The number of nitrogens with two attached hydrogens (primary N) is 1. The molecule has 0 aliphatic carbocycles. The second-order valence-corrected chi connectivity index (χ2v) is 7.12. The topological polar surface area (TPSA) is 29.3 Å². The minimum atomic E-state index is 0. The lowest BCUT2D eigenvalue weighted by Crippen LogP contribution is -2.39. The van der Waals surface area contributed by atoms with Gasteiger partial charge in [0.05, 0.1) is 0 Å². The minimum absolute atomic E-state index is 0. The predicted molar refractivity (Wildman–Crippen MR) is 86.0 cm³/mol. The molecule has 2 N–H and O–H groups in total. The molecule has 104 valence electrons. The van der Waals surface area contributed by atoms with E-state index in [-0.39, 0.29) is 12.4 Å². The van der Waals surface area contributed by atoms with Crippen LogP contribution in [0.2, 0.25) is 4.34 Å². The van der Waals surface area contributed by atoms with Gasteiger partial charge in [0.1, 0.15) is 4.34 Å². The summed E-state index contributed by atoms with van der Waals surface area (Å²) in [6.45, 7) is 2.99. The van der Waals surface area contributed by atoms with Crippen LogP contribution in [0.25, 0.3) is 0 Å². The highest BCUT2D eigenvalue weighted by Gasteiger charge is 2.22. The van der Waals surface area contributed by atoms with Crippen molar-refractivity contribution in [2.75, 3.05) is 13.1 Å². The Morgan fingerprint density at radius 2 is 2.28 bits per heavy atom. The van der Waals surface area contributed by atoms with Crippen LogP contribution in [0.1, 0.15) is 30.6 Å². The molecule has 0 amide bonds. The van der Waals surface area contributed by atoms with Crippen LogP contribution in [0, 0.1) is 0 Å². The van der Waals surface area contributed by atoms with E-state index in [4.69, 9.17) is 17.3 Å². The zero-order valence-electron chi connectivity index (χ0n) is 10.2.